The van der Waals surface area contributed by atoms with Crippen molar-refractivity contribution in [1.82, 2.24) is 15.5 Å². The summed E-state index contributed by atoms with van der Waals surface area (Å²) >= 11 is 6.24. The molecule has 3 rings (SSSR count). The highest BCUT2D eigenvalue weighted by Crippen LogP contribution is 2.25. The molecule has 1 aromatic carbocycles. The Hall–Kier alpha value is -0.610. The van der Waals surface area contributed by atoms with Crippen molar-refractivity contribution in [3.63, 3.8) is 0 Å². The monoisotopic (exact) mass is 522 g/mol. The van der Waals surface area contributed by atoms with Gasteiger partial charge in [0.05, 0.1) is 24.9 Å². The Balaban J connectivity index is 0.00000280. The van der Waals surface area contributed by atoms with Gasteiger partial charge in [0.2, 0.25) is 0 Å². The predicted octanol–water partition coefficient (Wildman–Crippen LogP) is 3.07. The fraction of sp³-hybridized carbons (Fsp3) is 0.650. The van der Waals surface area contributed by atoms with Gasteiger partial charge in [0, 0.05) is 44.9 Å². The first-order valence-electron chi connectivity index (χ1n) is 9.75. The molecule has 0 bridgehead atoms. The molecular formula is C20H32ClIN4O2. The van der Waals surface area contributed by atoms with Gasteiger partial charge in [0.1, 0.15) is 0 Å². The molecule has 0 radical (unpaired) electrons. The minimum atomic E-state index is -0.103. The largest absolute Gasteiger partial charge is 0.379 e. The number of nitrogens with zero attached hydrogens (tertiary/aromatic N) is 2. The van der Waals surface area contributed by atoms with Crippen molar-refractivity contribution in [1.29, 1.82) is 0 Å². The lowest BCUT2D eigenvalue weighted by Gasteiger charge is -2.35. The third-order valence-corrected chi connectivity index (χ3v) is 5.57. The Morgan fingerprint density at radius 3 is 2.71 bits per heavy atom. The van der Waals surface area contributed by atoms with Crippen LogP contribution in [0, 0.1) is 0 Å². The smallest absolute Gasteiger partial charge is 0.191 e. The Kier molecular flexibility index (Phi) is 9.76. The molecule has 1 aromatic rings. The van der Waals surface area contributed by atoms with Gasteiger partial charge in [0.15, 0.2) is 5.96 Å². The molecule has 0 amide bonds. The molecule has 2 aliphatic heterocycles. The minimum Gasteiger partial charge on any atom is -0.379 e. The van der Waals surface area contributed by atoms with Crippen LogP contribution in [0.5, 0.6) is 0 Å². The number of hydrogen-bond acceptors (Lipinski definition) is 4. The summed E-state index contributed by atoms with van der Waals surface area (Å²) in [5, 5.41) is 7.66. The number of hydrogen-bond donors (Lipinski definition) is 2. The van der Waals surface area contributed by atoms with E-state index >= 15 is 0 Å². The van der Waals surface area contributed by atoms with Crippen LogP contribution in [-0.4, -0.2) is 69.5 Å². The first kappa shape index (κ1) is 23.7. The zero-order valence-corrected chi connectivity index (χ0v) is 19.8. The highest BCUT2D eigenvalue weighted by molar-refractivity contribution is 14.0. The minimum absolute atomic E-state index is 0. The number of guanidine groups is 1. The van der Waals surface area contributed by atoms with E-state index in [2.05, 4.69) is 33.5 Å². The molecule has 0 spiro atoms. The maximum Gasteiger partial charge on any atom is 0.191 e. The van der Waals surface area contributed by atoms with E-state index in [4.69, 9.17) is 21.1 Å². The first-order valence-corrected chi connectivity index (χ1v) is 10.1. The summed E-state index contributed by atoms with van der Waals surface area (Å²) in [7, 11) is 1.80. The average molecular weight is 523 g/mol. The fourth-order valence-corrected chi connectivity index (χ4v) is 3.92. The Labute approximate surface area is 190 Å². The van der Waals surface area contributed by atoms with E-state index in [1.54, 1.807) is 7.05 Å². The van der Waals surface area contributed by atoms with E-state index in [0.717, 1.165) is 69.8 Å². The molecular weight excluding hydrogens is 491 g/mol. The lowest BCUT2D eigenvalue weighted by Crippen LogP contribution is -2.49. The number of halogens is 2. The molecule has 2 aliphatic rings. The van der Waals surface area contributed by atoms with E-state index in [-0.39, 0.29) is 35.6 Å². The van der Waals surface area contributed by atoms with Crippen molar-refractivity contribution in [3.8, 4) is 0 Å². The van der Waals surface area contributed by atoms with Crippen molar-refractivity contribution in [3.05, 3.63) is 34.9 Å². The normalized spacial score (nSPS) is 24.5. The van der Waals surface area contributed by atoms with Crippen molar-refractivity contribution >= 4 is 41.5 Å². The Morgan fingerprint density at radius 2 is 2.07 bits per heavy atom. The third kappa shape index (κ3) is 6.73. The molecule has 2 heterocycles. The number of nitrogens with one attached hydrogen (secondary N) is 2. The van der Waals surface area contributed by atoms with Gasteiger partial charge in [-0.1, -0.05) is 23.7 Å². The molecule has 8 heteroatoms. The Morgan fingerprint density at radius 1 is 1.29 bits per heavy atom. The molecule has 0 aromatic heterocycles. The second-order valence-corrected chi connectivity index (χ2v) is 7.86. The maximum atomic E-state index is 6.24. The van der Waals surface area contributed by atoms with Crippen LogP contribution in [0.15, 0.2) is 29.3 Å². The number of ether oxygens (including phenoxy) is 2. The van der Waals surface area contributed by atoms with Gasteiger partial charge >= 0.3 is 0 Å². The lowest BCUT2D eigenvalue weighted by atomic mass is 10.0. The van der Waals surface area contributed by atoms with Crippen molar-refractivity contribution in [2.24, 2.45) is 4.99 Å². The molecule has 158 valence electrons. The van der Waals surface area contributed by atoms with Crippen molar-refractivity contribution in [2.45, 2.75) is 31.4 Å². The average Bonchev–Trinajstić information content (AvgIpc) is 3.12. The molecule has 0 aliphatic carbocycles. The van der Waals surface area contributed by atoms with Gasteiger partial charge < -0.3 is 20.1 Å². The standard InChI is InChI=1S/C20H31ClN4O2.HI/c1-20(7-4-10-27-20)15-24-19(22-2)23-14-18(25-8-11-26-12-9-25)16-5-3-6-17(21)13-16;/h3,5-6,13,18H,4,7-12,14-15H2,1-2H3,(H2,22,23,24);1H. The lowest BCUT2D eigenvalue weighted by molar-refractivity contribution is 0.0167. The summed E-state index contributed by atoms with van der Waals surface area (Å²) < 4.78 is 11.4. The van der Waals surface area contributed by atoms with Gasteiger partial charge in [0.25, 0.3) is 0 Å². The molecule has 2 saturated heterocycles. The molecule has 28 heavy (non-hydrogen) atoms. The molecule has 0 saturated carbocycles. The topological polar surface area (TPSA) is 58.1 Å². The van der Waals surface area contributed by atoms with Crippen LogP contribution in [0.25, 0.3) is 0 Å². The highest BCUT2D eigenvalue weighted by Gasteiger charge is 2.30. The van der Waals surface area contributed by atoms with E-state index in [1.165, 1.54) is 5.56 Å². The van der Waals surface area contributed by atoms with Crippen LogP contribution in [0.1, 0.15) is 31.4 Å². The zero-order valence-electron chi connectivity index (χ0n) is 16.7. The SMILES string of the molecule is CN=C(NCC(c1cccc(Cl)c1)N1CCOCC1)NCC1(C)CCCO1.I. The van der Waals surface area contributed by atoms with Gasteiger partial charge in [-0.3, -0.25) is 9.89 Å². The number of aliphatic imine (C=N–C) groups is 1. The van der Waals surface area contributed by atoms with Crippen LogP contribution < -0.4 is 10.6 Å². The number of rotatable bonds is 6. The van der Waals surface area contributed by atoms with Crippen LogP contribution in [-0.2, 0) is 9.47 Å². The van der Waals surface area contributed by atoms with E-state index in [1.807, 2.05) is 18.2 Å². The quantitative estimate of drug-likeness (QED) is 0.342. The van der Waals surface area contributed by atoms with Crippen LogP contribution in [0.3, 0.4) is 0 Å². The van der Waals surface area contributed by atoms with Gasteiger partial charge in [-0.05, 0) is 37.5 Å². The molecule has 2 N–H and O–H groups in total. The van der Waals surface area contributed by atoms with Crippen LogP contribution in [0.4, 0.5) is 0 Å². The van der Waals surface area contributed by atoms with E-state index in [9.17, 15) is 0 Å². The summed E-state index contributed by atoms with van der Waals surface area (Å²) in [6, 6.07) is 8.32. The molecule has 2 atom stereocenters. The maximum absolute atomic E-state index is 6.24. The molecule has 2 fully saturated rings. The predicted molar refractivity (Wildman–Crippen MR) is 125 cm³/mol. The van der Waals surface area contributed by atoms with Crippen molar-refractivity contribution < 1.29 is 9.47 Å². The summed E-state index contributed by atoms with van der Waals surface area (Å²) in [6.45, 7) is 7.86. The number of benzene rings is 1. The Bertz CT molecular complexity index is 634. The van der Waals surface area contributed by atoms with E-state index in [0.29, 0.717) is 0 Å². The third-order valence-electron chi connectivity index (χ3n) is 5.34. The van der Waals surface area contributed by atoms with Crippen LogP contribution in [0.2, 0.25) is 5.02 Å². The summed E-state index contributed by atoms with van der Waals surface area (Å²) in [4.78, 5) is 6.82. The second-order valence-electron chi connectivity index (χ2n) is 7.43. The van der Waals surface area contributed by atoms with E-state index < -0.39 is 0 Å². The van der Waals surface area contributed by atoms with Gasteiger partial charge in [-0.2, -0.15) is 0 Å². The molecule has 6 nitrogen and oxygen atoms in total. The highest BCUT2D eigenvalue weighted by atomic mass is 127. The van der Waals surface area contributed by atoms with Gasteiger partial charge in [-0.15, -0.1) is 24.0 Å². The van der Waals surface area contributed by atoms with Crippen molar-refractivity contribution in [2.75, 3.05) is 53.0 Å². The second kappa shape index (κ2) is 11.5. The fourth-order valence-electron chi connectivity index (χ4n) is 3.72. The summed E-state index contributed by atoms with van der Waals surface area (Å²) in [6.07, 6.45) is 2.20. The summed E-state index contributed by atoms with van der Waals surface area (Å²) in [5.41, 5.74) is 1.10. The van der Waals surface area contributed by atoms with Crippen LogP contribution >= 0.6 is 35.6 Å². The van der Waals surface area contributed by atoms with Gasteiger partial charge in [-0.25, -0.2) is 0 Å². The first-order chi connectivity index (χ1) is 13.1. The summed E-state index contributed by atoms with van der Waals surface area (Å²) in [5.74, 6) is 0.798. The zero-order chi connectivity index (χ0) is 19.1. The molecule has 2 unspecified atom stereocenters. The number of morpholine rings is 1.